The first-order valence-electron chi connectivity index (χ1n) is 5.34. The third kappa shape index (κ3) is 3.14. The van der Waals surface area contributed by atoms with Gasteiger partial charge in [0.25, 0.3) is 0 Å². The predicted octanol–water partition coefficient (Wildman–Crippen LogP) is 1.52. The van der Waals surface area contributed by atoms with Crippen LogP contribution in [0.15, 0.2) is 43.0 Å². The van der Waals surface area contributed by atoms with Gasteiger partial charge in [0.15, 0.2) is 0 Å². The van der Waals surface area contributed by atoms with Crippen LogP contribution in [0.1, 0.15) is 17.3 Å². The van der Waals surface area contributed by atoms with Crippen molar-refractivity contribution in [3.8, 4) is 0 Å². The van der Waals surface area contributed by atoms with E-state index in [1.165, 1.54) is 0 Å². The molecule has 0 bridgehead atoms. The number of ether oxygens (including phenoxy) is 1. The van der Waals surface area contributed by atoms with Crippen LogP contribution in [0.4, 0.5) is 0 Å². The molecule has 5 nitrogen and oxygen atoms in total. The van der Waals surface area contributed by atoms with Crippen LogP contribution in [0.3, 0.4) is 0 Å². The van der Waals surface area contributed by atoms with E-state index in [0.29, 0.717) is 12.1 Å². The lowest BCUT2D eigenvalue weighted by Crippen LogP contribution is -2.21. The number of pyridine rings is 1. The van der Waals surface area contributed by atoms with Gasteiger partial charge in [-0.3, -0.25) is 9.67 Å². The molecular formula is C12H13N3O2. The van der Waals surface area contributed by atoms with Crippen molar-refractivity contribution in [2.75, 3.05) is 0 Å². The summed E-state index contributed by atoms with van der Waals surface area (Å²) in [6.07, 6.45) is 6.42. The average Bonchev–Trinajstić information content (AvgIpc) is 2.82. The summed E-state index contributed by atoms with van der Waals surface area (Å²) in [7, 11) is 0. The lowest BCUT2D eigenvalue weighted by atomic mass is 10.3. The summed E-state index contributed by atoms with van der Waals surface area (Å²) in [6.45, 7) is 2.38. The Morgan fingerprint density at radius 2 is 2.18 bits per heavy atom. The summed E-state index contributed by atoms with van der Waals surface area (Å²) in [5.74, 6) is -0.341. The Bertz CT molecular complexity index is 468. The van der Waals surface area contributed by atoms with Gasteiger partial charge in [-0.2, -0.15) is 5.10 Å². The highest BCUT2D eigenvalue weighted by Gasteiger charge is 2.12. The lowest BCUT2D eigenvalue weighted by molar-refractivity contribution is 0.0298. The molecular weight excluding hydrogens is 218 g/mol. The van der Waals surface area contributed by atoms with Crippen molar-refractivity contribution in [2.45, 2.75) is 19.6 Å². The topological polar surface area (TPSA) is 57.0 Å². The minimum Gasteiger partial charge on any atom is -0.457 e. The Labute approximate surface area is 99.1 Å². The molecule has 2 aromatic heterocycles. The first kappa shape index (κ1) is 11.3. The quantitative estimate of drug-likeness (QED) is 0.749. The van der Waals surface area contributed by atoms with Crippen LogP contribution < -0.4 is 0 Å². The van der Waals surface area contributed by atoms with Crippen LogP contribution in [-0.4, -0.2) is 26.8 Å². The SMILES string of the molecule is C[C@H](Cn1cccn1)OC(=O)c1ccncc1. The fraction of sp³-hybridized carbons (Fsp3) is 0.250. The Morgan fingerprint density at radius 3 is 2.82 bits per heavy atom. The van der Waals surface area contributed by atoms with E-state index in [9.17, 15) is 4.79 Å². The van der Waals surface area contributed by atoms with Crippen molar-refractivity contribution < 1.29 is 9.53 Å². The van der Waals surface area contributed by atoms with Gasteiger partial charge in [0.05, 0.1) is 12.1 Å². The number of hydrogen-bond donors (Lipinski definition) is 0. The van der Waals surface area contributed by atoms with Crippen molar-refractivity contribution in [1.82, 2.24) is 14.8 Å². The zero-order chi connectivity index (χ0) is 12.1. The standard InChI is InChI=1S/C12H13N3O2/c1-10(9-15-8-2-5-14-15)17-12(16)11-3-6-13-7-4-11/h2-8,10H,9H2,1H3/t10-/m1/s1. The van der Waals surface area contributed by atoms with Gasteiger partial charge < -0.3 is 4.74 Å². The first-order chi connectivity index (χ1) is 8.25. The fourth-order valence-electron chi connectivity index (χ4n) is 1.45. The first-order valence-corrected chi connectivity index (χ1v) is 5.34. The van der Waals surface area contributed by atoms with Crippen LogP contribution in [0, 0.1) is 0 Å². The molecule has 0 unspecified atom stereocenters. The Balaban J connectivity index is 1.91. The number of carbonyl (C=O) groups excluding carboxylic acids is 1. The van der Waals surface area contributed by atoms with Crippen molar-refractivity contribution in [2.24, 2.45) is 0 Å². The molecule has 0 aliphatic rings. The molecule has 17 heavy (non-hydrogen) atoms. The third-order valence-corrected chi connectivity index (χ3v) is 2.23. The van der Waals surface area contributed by atoms with Crippen LogP contribution in [-0.2, 0) is 11.3 Å². The van der Waals surface area contributed by atoms with E-state index in [2.05, 4.69) is 10.1 Å². The number of hydrogen-bond acceptors (Lipinski definition) is 4. The van der Waals surface area contributed by atoms with Crippen molar-refractivity contribution >= 4 is 5.97 Å². The highest BCUT2D eigenvalue weighted by Crippen LogP contribution is 2.04. The zero-order valence-electron chi connectivity index (χ0n) is 9.48. The van der Waals surface area contributed by atoms with Gasteiger partial charge in [0, 0.05) is 24.8 Å². The molecule has 1 atom stereocenters. The maximum Gasteiger partial charge on any atom is 0.338 e. The van der Waals surface area contributed by atoms with E-state index in [0.717, 1.165) is 0 Å². The fourth-order valence-corrected chi connectivity index (χ4v) is 1.45. The number of rotatable bonds is 4. The maximum absolute atomic E-state index is 11.7. The van der Waals surface area contributed by atoms with Crippen molar-refractivity contribution in [1.29, 1.82) is 0 Å². The van der Waals surface area contributed by atoms with Gasteiger partial charge in [-0.25, -0.2) is 4.79 Å². The van der Waals surface area contributed by atoms with E-state index in [1.807, 2.05) is 19.2 Å². The number of carbonyl (C=O) groups is 1. The van der Waals surface area contributed by atoms with Gasteiger partial charge in [0.2, 0.25) is 0 Å². The van der Waals surface area contributed by atoms with E-state index < -0.39 is 0 Å². The van der Waals surface area contributed by atoms with Gasteiger partial charge in [0.1, 0.15) is 6.10 Å². The zero-order valence-corrected chi connectivity index (χ0v) is 9.48. The van der Waals surface area contributed by atoms with Gasteiger partial charge in [-0.05, 0) is 25.1 Å². The summed E-state index contributed by atoms with van der Waals surface area (Å²) in [5, 5.41) is 4.05. The second kappa shape index (κ2) is 5.25. The molecule has 0 aromatic carbocycles. The Hall–Kier alpha value is -2.17. The molecule has 0 aliphatic carbocycles. The van der Waals surface area contributed by atoms with E-state index in [4.69, 9.17) is 4.74 Å². The van der Waals surface area contributed by atoms with Crippen LogP contribution in [0.2, 0.25) is 0 Å². The smallest absolute Gasteiger partial charge is 0.338 e. The molecule has 2 aromatic rings. The van der Waals surface area contributed by atoms with Crippen LogP contribution in [0.5, 0.6) is 0 Å². The lowest BCUT2D eigenvalue weighted by Gasteiger charge is -2.13. The molecule has 0 spiro atoms. The minimum absolute atomic E-state index is 0.226. The average molecular weight is 231 g/mol. The summed E-state index contributed by atoms with van der Waals surface area (Å²) in [4.78, 5) is 15.5. The highest BCUT2D eigenvalue weighted by molar-refractivity contribution is 5.89. The van der Waals surface area contributed by atoms with E-state index >= 15 is 0 Å². The van der Waals surface area contributed by atoms with Gasteiger partial charge in [-0.15, -0.1) is 0 Å². The minimum atomic E-state index is -0.341. The molecule has 88 valence electrons. The third-order valence-electron chi connectivity index (χ3n) is 2.23. The van der Waals surface area contributed by atoms with Crippen molar-refractivity contribution in [3.05, 3.63) is 48.5 Å². The molecule has 0 fully saturated rings. The molecule has 0 saturated heterocycles. The summed E-state index contributed by atoms with van der Waals surface area (Å²) in [5.41, 5.74) is 0.507. The largest absolute Gasteiger partial charge is 0.457 e. The van der Waals surface area contributed by atoms with Gasteiger partial charge in [-0.1, -0.05) is 0 Å². The summed E-state index contributed by atoms with van der Waals surface area (Å²) in [6, 6.07) is 5.09. The summed E-state index contributed by atoms with van der Waals surface area (Å²) >= 11 is 0. The summed E-state index contributed by atoms with van der Waals surface area (Å²) < 4.78 is 7.01. The highest BCUT2D eigenvalue weighted by atomic mass is 16.5. The second-order valence-electron chi connectivity index (χ2n) is 3.68. The van der Waals surface area contributed by atoms with Crippen LogP contribution >= 0.6 is 0 Å². The molecule has 0 radical (unpaired) electrons. The Morgan fingerprint density at radius 1 is 1.41 bits per heavy atom. The molecule has 0 aliphatic heterocycles. The normalized spacial score (nSPS) is 12.1. The Kier molecular flexibility index (Phi) is 3.49. The molecule has 5 heteroatoms. The molecule has 2 heterocycles. The molecule has 0 N–H and O–H groups in total. The maximum atomic E-state index is 11.7. The molecule has 0 amide bonds. The monoisotopic (exact) mass is 231 g/mol. The predicted molar refractivity (Wildman–Crippen MR) is 61.3 cm³/mol. The van der Waals surface area contributed by atoms with E-state index in [1.54, 1.807) is 35.4 Å². The molecule has 2 rings (SSSR count). The van der Waals surface area contributed by atoms with Crippen LogP contribution in [0.25, 0.3) is 0 Å². The van der Waals surface area contributed by atoms with E-state index in [-0.39, 0.29) is 12.1 Å². The number of nitrogens with zero attached hydrogens (tertiary/aromatic N) is 3. The molecule has 0 saturated carbocycles. The van der Waals surface area contributed by atoms with Gasteiger partial charge >= 0.3 is 5.97 Å². The number of esters is 1. The van der Waals surface area contributed by atoms with Crippen molar-refractivity contribution in [3.63, 3.8) is 0 Å². The number of aromatic nitrogens is 3. The second-order valence-corrected chi connectivity index (χ2v) is 3.68.